The molecule has 6 heteroatoms. The molecule has 0 atom stereocenters. The molecule has 0 amide bonds. The fourth-order valence-electron chi connectivity index (χ4n) is 9.33. The van der Waals surface area contributed by atoms with E-state index in [2.05, 4.69) is 155 Å². The molecular formula is C58H36N6. The van der Waals surface area contributed by atoms with Crippen molar-refractivity contribution in [2.45, 2.75) is 0 Å². The lowest BCUT2D eigenvalue weighted by Gasteiger charge is -2.20. The summed E-state index contributed by atoms with van der Waals surface area (Å²) in [7, 11) is 0. The summed E-state index contributed by atoms with van der Waals surface area (Å²) in [4.78, 5) is 14.8. The third-order valence-corrected chi connectivity index (χ3v) is 12.3. The maximum Gasteiger partial charge on any atom is 0.0991 e. The molecule has 6 nitrogen and oxygen atoms in total. The second-order valence-corrected chi connectivity index (χ2v) is 16.0. The van der Waals surface area contributed by atoms with Gasteiger partial charge in [-0.2, -0.15) is 5.26 Å². The van der Waals surface area contributed by atoms with E-state index in [0.29, 0.717) is 5.56 Å². The lowest BCUT2D eigenvalue weighted by atomic mass is 10.00. The number of nitriles is 1. The monoisotopic (exact) mass is 816 g/mol. The van der Waals surface area contributed by atoms with Crippen LogP contribution in [-0.4, -0.2) is 24.1 Å². The van der Waals surface area contributed by atoms with Gasteiger partial charge < -0.3 is 9.13 Å². The van der Waals surface area contributed by atoms with E-state index in [9.17, 15) is 5.26 Å². The first-order valence-corrected chi connectivity index (χ1v) is 21.3. The van der Waals surface area contributed by atoms with E-state index < -0.39 is 0 Å². The van der Waals surface area contributed by atoms with Gasteiger partial charge in [0.25, 0.3) is 0 Å². The Kier molecular flexibility index (Phi) is 8.77. The molecule has 0 saturated carbocycles. The Morgan fingerprint density at radius 1 is 0.344 bits per heavy atom. The SMILES string of the molecule is N#Cc1cccc(-c2c(-n3c4ccccc4c4ccc(-c5ccc(-c6ccccc6)nc5)cc43)cncc2-n2c3ccccc3c3ccc(-c4ccc(-c5ccccc5)nc4)cc32)c1. The summed E-state index contributed by atoms with van der Waals surface area (Å²) in [6.45, 7) is 0. The quantitative estimate of drug-likeness (QED) is 0.161. The third-order valence-electron chi connectivity index (χ3n) is 12.3. The van der Waals surface area contributed by atoms with Crippen molar-refractivity contribution >= 4 is 43.6 Å². The molecule has 12 rings (SSSR count). The predicted molar refractivity (Wildman–Crippen MR) is 260 cm³/mol. The molecule has 0 aliphatic carbocycles. The van der Waals surface area contributed by atoms with Crippen LogP contribution in [0.25, 0.3) is 111 Å². The van der Waals surface area contributed by atoms with Crippen molar-refractivity contribution in [2.24, 2.45) is 0 Å². The Balaban J connectivity index is 1.10. The average molecular weight is 817 g/mol. The van der Waals surface area contributed by atoms with Gasteiger partial charge in [0.2, 0.25) is 0 Å². The highest BCUT2D eigenvalue weighted by molar-refractivity contribution is 6.13. The number of benzene rings is 7. The minimum Gasteiger partial charge on any atom is -0.307 e. The molecule has 12 aromatic rings. The minimum atomic E-state index is 0.582. The molecule has 0 aliphatic rings. The molecule has 0 aliphatic heterocycles. The fourth-order valence-corrected chi connectivity index (χ4v) is 9.33. The van der Waals surface area contributed by atoms with Gasteiger partial charge in [-0.05, 0) is 65.2 Å². The van der Waals surface area contributed by atoms with Crippen molar-refractivity contribution in [1.82, 2.24) is 24.1 Å². The maximum atomic E-state index is 10.2. The summed E-state index contributed by atoms with van der Waals surface area (Å²) in [6.07, 6.45) is 7.85. The molecule has 5 aromatic heterocycles. The number of aromatic nitrogens is 5. The number of pyridine rings is 3. The zero-order valence-electron chi connectivity index (χ0n) is 34.5. The second kappa shape index (κ2) is 15.2. The second-order valence-electron chi connectivity index (χ2n) is 16.0. The zero-order valence-corrected chi connectivity index (χ0v) is 34.5. The van der Waals surface area contributed by atoms with Crippen molar-refractivity contribution in [3.63, 3.8) is 0 Å². The van der Waals surface area contributed by atoms with Crippen LogP contribution in [0, 0.1) is 11.3 Å². The summed E-state index contributed by atoms with van der Waals surface area (Å²) in [5.74, 6) is 0. The highest BCUT2D eigenvalue weighted by Gasteiger charge is 2.23. The van der Waals surface area contributed by atoms with E-state index in [4.69, 9.17) is 15.0 Å². The highest BCUT2D eigenvalue weighted by atomic mass is 15.0. The Bertz CT molecular complexity index is 3550. The number of para-hydroxylation sites is 2. The topological polar surface area (TPSA) is 72.3 Å². The van der Waals surface area contributed by atoms with Gasteiger partial charge in [0.15, 0.2) is 0 Å². The lowest BCUT2D eigenvalue weighted by Crippen LogP contribution is -2.05. The number of fused-ring (bicyclic) bond motifs is 6. The Morgan fingerprint density at radius 2 is 0.797 bits per heavy atom. The largest absolute Gasteiger partial charge is 0.307 e. The molecule has 298 valence electrons. The van der Waals surface area contributed by atoms with Gasteiger partial charge >= 0.3 is 0 Å². The molecule has 0 N–H and O–H groups in total. The first-order chi connectivity index (χ1) is 31.7. The zero-order chi connectivity index (χ0) is 42.6. The van der Waals surface area contributed by atoms with Crippen LogP contribution < -0.4 is 0 Å². The summed E-state index contributed by atoms with van der Waals surface area (Å²) < 4.78 is 4.67. The van der Waals surface area contributed by atoms with Crippen LogP contribution in [0.4, 0.5) is 0 Å². The fraction of sp³-hybridized carbons (Fsp3) is 0. The molecule has 0 unspecified atom stereocenters. The molecule has 0 bridgehead atoms. The lowest BCUT2D eigenvalue weighted by molar-refractivity contribution is 1.09. The van der Waals surface area contributed by atoms with Crippen LogP contribution in [-0.2, 0) is 0 Å². The first kappa shape index (κ1) is 36.9. The number of hydrogen-bond donors (Lipinski definition) is 0. The summed E-state index contributed by atoms with van der Waals surface area (Å²) in [5, 5.41) is 14.8. The number of nitrogens with zero attached hydrogens (tertiary/aromatic N) is 6. The first-order valence-electron chi connectivity index (χ1n) is 21.3. The van der Waals surface area contributed by atoms with Crippen LogP contribution in [0.1, 0.15) is 5.56 Å². The van der Waals surface area contributed by atoms with E-state index in [1.165, 1.54) is 0 Å². The van der Waals surface area contributed by atoms with E-state index >= 15 is 0 Å². The van der Waals surface area contributed by atoms with E-state index in [1.54, 1.807) is 0 Å². The minimum absolute atomic E-state index is 0.582. The van der Waals surface area contributed by atoms with Crippen molar-refractivity contribution in [2.75, 3.05) is 0 Å². The summed E-state index contributed by atoms with van der Waals surface area (Å²) in [5.41, 5.74) is 16.6. The predicted octanol–water partition coefficient (Wildman–Crippen LogP) is 14.3. The van der Waals surface area contributed by atoms with Gasteiger partial charge in [-0.25, -0.2) is 0 Å². The molecule has 0 saturated heterocycles. The standard InChI is InChI=1S/C58H36N6/c59-33-38-12-11-17-43(30-38)58-56(63-52-20-9-7-18-46(52)48-26-22-41(31-54(48)63)44-24-28-50(61-34-44)39-13-3-1-4-14-39)36-60-37-57(58)64-53-21-10-8-19-47(53)49-27-23-42(32-55(49)64)45-25-29-51(62-35-45)40-15-5-2-6-16-40/h1-32,34-37H. The van der Waals surface area contributed by atoms with E-state index in [-0.39, 0.29) is 0 Å². The van der Waals surface area contributed by atoms with Crippen molar-refractivity contribution in [3.05, 3.63) is 224 Å². The molecule has 5 heterocycles. The number of rotatable bonds is 7. The van der Waals surface area contributed by atoms with Crippen LogP contribution in [0.2, 0.25) is 0 Å². The Hall–Kier alpha value is -8.92. The third kappa shape index (κ3) is 6.14. The van der Waals surface area contributed by atoms with E-state index in [1.807, 2.05) is 79.4 Å². The molecule has 0 fully saturated rings. The summed E-state index contributed by atoms with van der Waals surface area (Å²) >= 11 is 0. The van der Waals surface area contributed by atoms with Crippen LogP contribution >= 0.6 is 0 Å². The smallest absolute Gasteiger partial charge is 0.0991 e. The van der Waals surface area contributed by atoms with Gasteiger partial charge in [-0.15, -0.1) is 0 Å². The van der Waals surface area contributed by atoms with Gasteiger partial charge in [0.1, 0.15) is 0 Å². The Morgan fingerprint density at radius 3 is 1.28 bits per heavy atom. The molecular weight excluding hydrogens is 781 g/mol. The maximum absolute atomic E-state index is 10.2. The van der Waals surface area contributed by atoms with Crippen LogP contribution in [0.3, 0.4) is 0 Å². The van der Waals surface area contributed by atoms with Crippen molar-refractivity contribution < 1.29 is 0 Å². The van der Waals surface area contributed by atoms with Gasteiger partial charge in [0.05, 0.1) is 68.9 Å². The highest BCUT2D eigenvalue weighted by Crippen LogP contribution is 2.43. The van der Waals surface area contributed by atoms with Gasteiger partial charge in [-0.3, -0.25) is 15.0 Å². The van der Waals surface area contributed by atoms with Gasteiger partial charge in [0, 0.05) is 61.8 Å². The van der Waals surface area contributed by atoms with Crippen LogP contribution in [0.15, 0.2) is 219 Å². The van der Waals surface area contributed by atoms with Gasteiger partial charge in [-0.1, -0.05) is 146 Å². The van der Waals surface area contributed by atoms with Crippen molar-refractivity contribution in [3.8, 4) is 73.3 Å². The van der Waals surface area contributed by atoms with Crippen molar-refractivity contribution in [1.29, 1.82) is 5.26 Å². The average Bonchev–Trinajstić information content (AvgIpc) is 3.89. The summed E-state index contributed by atoms with van der Waals surface area (Å²) in [6, 6.07) is 69.7. The molecule has 0 spiro atoms. The molecule has 0 radical (unpaired) electrons. The normalized spacial score (nSPS) is 11.4. The molecule has 64 heavy (non-hydrogen) atoms. The Labute approximate surface area is 369 Å². The van der Waals surface area contributed by atoms with E-state index in [0.717, 1.165) is 111 Å². The van der Waals surface area contributed by atoms with Crippen LogP contribution in [0.5, 0.6) is 0 Å². The molecule has 7 aromatic carbocycles. The number of hydrogen-bond acceptors (Lipinski definition) is 4.